The maximum atomic E-state index is 12.3. The Balaban J connectivity index is 2.05. The number of aromatic nitrogens is 3. The van der Waals surface area contributed by atoms with Gasteiger partial charge in [-0.3, -0.25) is 4.79 Å². The molecule has 1 saturated heterocycles. The van der Waals surface area contributed by atoms with Gasteiger partial charge in [-0.2, -0.15) is 5.10 Å². The van der Waals surface area contributed by atoms with Crippen molar-refractivity contribution in [2.24, 2.45) is 0 Å². The molecule has 1 aromatic rings. The monoisotopic (exact) mass is 237 g/mol. The lowest BCUT2D eigenvalue weighted by atomic mass is 10.1. The second kappa shape index (κ2) is 4.83. The van der Waals surface area contributed by atoms with Crippen molar-refractivity contribution < 1.29 is 4.79 Å². The van der Waals surface area contributed by atoms with Crippen molar-refractivity contribution in [3.63, 3.8) is 0 Å². The first kappa shape index (κ1) is 12.0. The van der Waals surface area contributed by atoms with E-state index in [0.717, 1.165) is 19.6 Å². The topological polar surface area (TPSA) is 54.3 Å². The predicted molar refractivity (Wildman–Crippen MR) is 63.4 cm³/mol. The van der Waals surface area contributed by atoms with Gasteiger partial charge in [0.05, 0.1) is 0 Å². The molecule has 6 nitrogen and oxygen atoms in total. The third-order valence-electron chi connectivity index (χ3n) is 3.30. The fourth-order valence-electron chi connectivity index (χ4n) is 2.24. The van der Waals surface area contributed by atoms with Gasteiger partial charge in [-0.25, -0.2) is 9.67 Å². The number of amides is 1. The summed E-state index contributed by atoms with van der Waals surface area (Å²) < 4.78 is 1.60. The van der Waals surface area contributed by atoms with Gasteiger partial charge >= 0.3 is 0 Å². The fourth-order valence-corrected chi connectivity index (χ4v) is 2.24. The number of likely N-dealkylation sites (N-methyl/N-ethyl adjacent to an activating group) is 1. The third kappa shape index (κ3) is 2.46. The second-order valence-corrected chi connectivity index (χ2v) is 4.69. The Morgan fingerprint density at radius 1 is 1.47 bits per heavy atom. The zero-order chi connectivity index (χ0) is 12.4. The molecule has 2 heterocycles. The number of carbonyl (C=O) groups is 1. The van der Waals surface area contributed by atoms with Gasteiger partial charge in [0.15, 0.2) is 0 Å². The molecule has 1 aliphatic rings. The third-order valence-corrected chi connectivity index (χ3v) is 3.30. The molecule has 94 valence electrons. The molecule has 0 aliphatic carbocycles. The lowest BCUT2D eigenvalue weighted by molar-refractivity contribution is -0.138. The number of hydrogen-bond donors (Lipinski definition) is 0. The van der Waals surface area contributed by atoms with Gasteiger partial charge in [0, 0.05) is 25.7 Å². The highest BCUT2D eigenvalue weighted by Crippen LogP contribution is 2.14. The van der Waals surface area contributed by atoms with E-state index >= 15 is 0 Å². The molecular formula is C11H19N5O. The zero-order valence-electron chi connectivity index (χ0n) is 10.6. The zero-order valence-corrected chi connectivity index (χ0v) is 10.6. The van der Waals surface area contributed by atoms with Crippen LogP contribution in [0.15, 0.2) is 12.7 Å². The molecule has 17 heavy (non-hydrogen) atoms. The van der Waals surface area contributed by atoms with E-state index in [1.165, 1.54) is 6.33 Å². The second-order valence-electron chi connectivity index (χ2n) is 4.69. The van der Waals surface area contributed by atoms with Crippen molar-refractivity contribution in [1.29, 1.82) is 0 Å². The fraction of sp³-hybridized carbons (Fsp3) is 0.727. The Labute approximate surface area is 101 Å². The first-order valence-electron chi connectivity index (χ1n) is 5.92. The number of nitrogens with zero attached hydrogens (tertiary/aromatic N) is 5. The maximum Gasteiger partial charge on any atom is 0.247 e. The van der Waals surface area contributed by atoms with Crippen LogP contribution in [0.4, 0.5) is 0 Å². The largest absolute Gasteiger partial charge is 0.336 e. The molecule has 1 fully saturated rings. The Hall–Kier alpha value is -1.43. The summed E-state index contributed by atoms with van der Waals surface area (Å²) in [6, 6.07) is -0.0180. The van der Waals surface area contributed by atoms with Gasteiger partial charge in [0.2, 0.25) is 5.91 Å². The first-order valence-corrected chi connectivity index (χ1v) is 5.92. The molecular weight excluding hydrogens is 218 g/mol. The van der Waals surface area contributed by atoms with Crippen LogP contribution in [0.25, 0.3) is 0 Å². The molecule has 1 aliphatic heterocycles. The van der Waals surface area contributed by atoms with Crippen LogP contribution < -0.4 is 0 Å². The number of rotatable bonds is 2. The molecule has 0 bridgehead atoms. The van der Waals surface area contributed by atoms with Crippen LogP contribution in [0, 0.1) is 0 Å². The minimum Gasteiger partial charge on any atom is -0.336 e. The number of hydrogen-bond acceptors (Lipinski definition) is 4. The van der Waals surface area contributed by atoms with Crippen LogP contribution >= 0.6 is 0 Å². The standard InChI is InChI=1S/C11H19N5O/c1-9-6-14(3)4-5-15(9)11(17)10(2)16-8-12-7-13-16/h7-10H,4-6H2,1-3H3. The Kier molecular flexibility index (Phi) is 3.42. The summed E-state index contributed by atoms with van der Waals surface area (Å²) in [5.74, 6) is 0.121. The minimum absolute atomic E-state index is 0.121. The molecule has 1 aromatic heterocycles. The first-order chi connectivity index (χ1) is 8.09. The Morgan fingerprint density at radius 2 is 2.24 bits per heavy atom. The van der Waals surface area contributed by atoms with E-state index in [9.17, 15) is 4.79 Å². The normalized spacial score (nSPS) is 23.7. The van der Waals surface area contributed by atoms with Gasteiger partial charge in [0.1, 0.15) is 18.7 Å². The predicted octanol–water partition coefficient (Wildman–Crippen LogP) is 0.00160. The van der Waals surface area contributed by atoms with E-state index in [0.29, 0.717) is 0 Å². The average Bonchev–Trinajstić information content (AvgIpc) is 2.80. The summed E-state index contributed by atoms with van der Waals surface area (Å²) in [5.41, 5.74) is 0. The summed E-state index contributed by atoms with van der Waals surface area (Å²) in [4.78, 5) is 20.4. The summed E-state index contributed by atoms with van der Waals surface area (Å²) in [5, 5.41) is 4.02. The highest BCUT2D eigenvalue weighted by atomic mass is 16.2. The molecule has 0 saturated carbocycles. The van der Waals surface area contributed by atoms with Gasteiger partial charge in [-0.1, -0.05) is 0 Å². The highest BCUT2D eigenvalue weighted by Gasteiger charge is 2.29. The number of carbonyl (C=O) groups excluding carboxylic acids is 1. The van der Waals surface area contributed by atoms with Crippen LogP contribution in [0.5, 0.6) is 0 Å². The van der Waals surface area contributed by atoms with Crippen LogP contribution in [0.2, 0.25) is 0 Å². The van der Waals surface area contributed by atoms with Crippen molar-refractivity contribution in [2.45, 2.75) is 25.9 Å². The van der Waals surface area contributed by atoms with Crippen LogP contribution in [-0.4, -0.2) is 63.2 Å². The Bertz CT molecular complexity index is 377. The molecule has 2 unspecified atom stereocenters. The van der Waals surface area contributed by atoms with Gasteiger partial charge in [-0.05, 0) is 20.9 Å². The Morgan fingerprint density at radius 3 is 2.82 bits per heavy atom. The molecule has 0 aromatic carbocycles. The average molecular weight is 237 g/mol. The van der Waals surface area contributed by atoms with Crippen LogP contribution in [-0.2, 0) is 4.79 Å². The lowest BCUT2D eigenvalue weighted by Crippen LogP contribution is -2.54. The summed E-state index contributed by atoms with van der Waals surface area (Å²) in [7, 11) is 2.08. The van der Waals surface area contributed by atoms with Gasteiger partial charge < -0.3 is 9.80 Å². The molecule has 2 rings (SSSR count). The summed E-state index contributed by atoms with van der Waals surface area (Å²) in [6.45, 7) is 6.59. The summed E-state index contributed by atoms with van der Waals surface area (Å²) >= 11 is 0. The molecule has 0 radical (unpaired) electrons. The van der Waals surface area contributed by atoms with Crippen molar-refractivity contribution in [2.75, 3.05) is 26.7 Å². The van der Waals surface area contributed by atoms with E-state index in [4.69, 9.17) is 0 Å². The van der Waals surface area contributed by atoms with E-state index in [1.807, 2.05) is 11.8 Å². The van der Waals surface area contributed by atoms with Crippen molar-refractivity contribution in [1.82, 2.24) is 24.6 Å². The van der Waals surface area contributed by atoms with E-state index in [-0.39, 0.29) is 18.0 Å². The van der Waals surface area contributed by atoms with E-state index in [1.54, 1.807) is 11.0 Å². The van der Waals surface area contributed by atoms with E-state index in [2.05, 4.69) is 29.0 Å². The van der Waals surface area contributed by atoms with Crippen LogP contribution in [0.1, 0.15) is 19.9 Å². The van der Waals surface area contributed by atoms with Crippen molar-refractivity contribution in [3.05, 3.63) is 12.7 Å². The molecule has 2 atom stereocenters. The van der Waals surface area contributed by atoms with Crippen molar-refractivity contribution >= 4 is 5.91 Å². The highest BCUT2D eigenvalue weighted by molar-refractivity contribution is 5.80. The molecule has 6 heteroatoms. The van der Waals surface area contributed by atoms with Crippen molar-refractivity contribution in [3.8, 4) is 0 Å². The minimum atomic E-state index is -0.275. The smallest absolute Gasteiger partial charge is 0.247 e. The molecule has 0 N–H and O–H groups in total. The summed E-state index contributed by atoms with van der Waals surface area (Å²) in [6.07, 6.45) is 3.04. The quantitative estimate of drug-likeness (QED) is 0.726. The van der Waals surface area contributed by atoms with Crippen LogP contribution in [0.3, 0.4) is 0 Å². The maximum absolute atomic E-state index is 12.3. The lowest BCUT2D eigenvalue weighted by Gasteiger charge is -2.39. The van der Waals surface area contributed by atoms with Gasteiger partial charge in [-0.15, -0.1) is 0 Å². The number of piperazine rings is 1. The molecule has 1 amide bonds. The van der Waals surface area contributed by atoms with E-state index < -0.39 is 0 Å². The molecule has 0 spiro atoms. The SMILES string of the molecule is CC1CN(C)CCN1C(=O)C(C)n1cncn1. The van der Waals surface area contributed by atoms with Gasteiger partial charge in [0.25, 0.3) is 0 Å².